The maximum Gasteiger partial charge on any atom is 0.279 e. The molecule has 0 aromatic carbocycles. The molecule has 4 nitrogen and oxygen atoms in total. The Labute approximate surface area is 119 Å². The van der Waals surface area contributed by atoms with Crippen LogP contribution in [0.25, 0.3) is 0 Å². The first kappa shape index (κ1) is 14.8. The van der Waals surface area contributed by atoms with E-state index in [4.69, 9.17) is 0 Å². The van der Waals surface area contributed by atoms with Crippen LogP contribution in [0.5, 0.6) is 0 Å². The van der Waals surface area contributed by atoms with Crippen LogP contribution in [0.15, 0.2) is 0 Å². The standard InChI is InChI=1S/C12H23BrN2O2S/c13-12-7-3-2-6-11(12)10-14-18(16,17)15-8-4-1-5-9-15/h11-12,14H,1-10H2. The SMILES string of the molecule is O=S(=O)(NCC1CCCCC1Br)N1CCCCC1. The van der Waals surface area contributed by atoms with Gasteiger partial charge in [0.05, 0.1) is 0 Å². The normalized spacial score (nSPS) is 31.4. The summed E-state index contributed by atoms with van der Waals surface area (Å²) in [7, 11) is -3.24. The summed E-state index contributed by atoms with van der Waals surface area (Å²) in [6, 6.07) is 0. The summed E-state index contributed by atoms with van der Waals surface area (Å²) >= 11 is 3.67. The van der Waals surface area contributed by atoms with Crippen LogP contribution in [-0.4, -0.2) is 37.2 Å². The molecule has 1 heterocycles. The Hall–Kier alpha value is 0.350. The highest BCUT2D eigenvalue weighted by atomic mass is 79.9. The third kappa shape index (κ3) is 3.92. The van der Waals surface area contributed by atoms with E-state index >= 15 is 0 Å². The second kappa shape index (κ2) is 6.68. The molecule has 1 aliphatic heterocycles. The van der Waals surface area contributed by atoms with Gasteiger partial charge in [-0.1, -0.05) is 35.2 Å². The lowest BCUT2D eigenvalue weighted by Gasteiger charge is -2.30. The van der Waals surface area contributed by atoms with Crippen molar-refractivity contribution >= 4 is 26.1 Å². The van der Waals surface area contributed by atoms with Crippen LogP contribution in [0.1, 0.15) is 44.9 Å². The summed E-state index contributed by atoms with van der Waals surface area (Å²) in [6.07, 6.45) is 7.90. The molecule has 2 atom stereocenters. The monoisotopic (exact) mass is 338 g/mol. The molecule has 0 aromatic rings. The first-order valence-corrected chi connectivity index (χ1v) is 9.34. The Morgan fingerprint density at radius 3 is 2.39 bits per heavy atom. The molecular formula is C12H23BrN2O2S. The molecule has 1 N–H and O–H groups in total. The van der Waals surface area contributed by atoms with E-state index in [2.05, 4.69) is 20.7 Å². The Morgan fingerprint density at radius 2 is 1.72 bits per heavy atom. The van der Waals surface area contributed by atoms with Crippen molar-refractivity contribution in [3.05, 3.63) is 0 Å². The number of halogens is 1. The Bertz CT molecular complexity index is 355. The molecule has 1 saturated heterocycles. The predicted molar refractivity (Wildman–Crippen MR) is 77.0 cm³/mol. The fourth-order valence-electron chi connectivity index (χ4n) is 2.80. The Balaban J connectivity index is 1.84. The molecule has 106 valence electrons. The van der Waals surface area contributed by atoms with Crippen molar-refractivity contribution in [3.8, 4) is 0 Å². The molecule has 18 heavy (non-hydrogen) atoms. The van der Waals surface area contributed by atoms with E-state index in [9.17, 15) is 8.42 Å². The fraction of sp³-hybridized carbons (Fsp3) is 1.00. The van der Waals surface area contributed by atoms with Gasteiger partial charge in [-0.3, -0.25) is 0 Å². The summed E-state index contributed by atoms with van der Waals surface area (Å²) in [5.74, 6) is 0.443. The average molecular weight is 339 g/mol. The summed E-state index contributed by atoms with van der Waals surface area (Å²) < 4.78 is 28.7. The molecule has 1 aliphatic carbocycles. The molecule has 2 aliphatic rings. The molecule has 2 rings (SSSR count). The summed E-state index contributed by atoms with van der Waals surface area (Å²) in [5.41, 5.74) is 0. The van der Waals surface area contributed by atoms with Crippen molar-refractivity contribution in [2.24, 2.45) is 5.92 Å². The minimum absolute atomic E-state index is 0.443. The number of alkyl halides is 1. The molecule has 6 heteroatoms. The molecular weight excluding hydrogens is 316 g/mol. The van der Waals surface area contributed by atoms with Crippen molar-refractivity contribution < 1.29 is 8.42 Å². The number of nitrogens with zero attached hydrogens (tertiary/aromatic N) is 1. The lowest BCUT2D eigenvalue weighted by molar-refractivity contribution is 0.332. The lowest BCUT2D eigenvalue weighted by Crippen LogP contribution is -2.45. The summed E-state index contributed by atoms with van der Waals surface area (Å²) in [4.78, 5) is 0.468. The van der Waals surface area contributed by atoms with E-state index in [1.54, 1.807) is 4.31 Å². The van der Waals surface area contributed by atoms with Gasteiger partial charge < -0.3 is 0 Å². The third-order valence-electron chi connectivity index (χ3n) is 4.00. The van der Waals surface area contributed by atoms with Gasteiger partial charge in [0.1, 0.15) is 0 Å². The van der Waals surface area contributed by atoms with E-state index in [-0.39, 0.29) is 0 Å². The van der Waals surface area contributed by atoms with E-state index in [0.29, 0.717) is 30.4 Å². The topological polar surface area (TPSA) is 49.4 Å². The van der Waals surface area contributed by atoms with Crippen molar-refractivity contribution in [2.45, 2.75) is 49.8 Å². The fourth-order valence-corrected chi connectivity index (χ4v) is 4.92. The molecule has 0 radical (unpaired) electrons. The largest absolute Gasteiger partial charge is 0.279 e. The molecule has 0 spiro atoms. The zero-order chi connectivity index (χ0) is 13.0. The first-order chi connectivity index (χ1) is 8.59. The minimum Gasteiger partial charge on any atom is -0.202 e. The molecule has 2 fully saturated rings. The summed E-state index contributed by atoms with van der Waals surface area (Å²) in [5, 5.41) is 0. The van der Waals surface area contributed by atoms with Crippen LogP contribution in [0.2, 0.25) is 0 Å². The van der Waals surface area contributed by atoms with Gasteiger partial charge in [-0.05, 0) is 31.6 Å². The van der Waals surface area contributed by atoms with Crippen molar-refractivity contribution in [2.75, 3.05) is 19.6 Å². The highest BCUT2D eigenvalue weighted by molar-refractivity contribution is 9.09. The van der Waals surface area contributed by atoms with E-state index < -0.39 is 10.2 Å². The maximum absolute atomic E-state index is 12.1. The lowest BCUT2D eigenvalue weighted by atomic mass is 9.89. The number of hydrogen-bond acceptors (Lipinski definition) is 2. The second-order valence-electron chi connectivity index (χ2n) is 5.37. The number of piperidine rings is 1. The van der Waals surface area contributed by atoms with Crippen LogP contribution < -0.4 is 4.72 Å². The molecule has 1 saturated carbocycles. The molecule has 0 aromatic heterocycles. The predicted octanol–water partition coefficient (Wildman–Crippen LogP) is 2.26. The van der Waals surface area contributed by atoms with E-state index in [1.165, 1.54) is 12.8 Å². The van der Waals surface area contributed by atoms with Gasteiger partial charge in [-0.15, -0.1) is 0 Å². The van der Waals surface area contributed by atoms with Crippen molar-refractivity contribution in [1.29, 1.82) is 0 Å². The van der Waals surface area contributed by atoms with Gasteiger partial charge >= 0.3 is 0 Å². The zero-order valence-electron chi connectivity index (χ0n) is 10.8. The van der Waals surface area contributed by atoms with Gasteiger partial charge in [0.2, 0.25) is 0 Å². The maximum atomic E-state index is 12.1. The van der Waals surface area contributed by atoms with Gasteiger partial charge in [0.15, 0.2) is 0 Å². The number of nitrogens with one attached hydrogen (secondary N) is 1. The van der Waals surface area contributed by atoms with Crippen LogP contribution in [-0.2, 0) is 10.2 Å². The first-order valence-electron chi connectivity index (χ1n) is 6.98. The van der Waals surface area contributed by atoms with Crippen LogP contribution in [0, 0.1) is 5.92 Å². The zero-order valence-corrected chi connectivity index (χ0v) is 13.2. The number of rotatable bonds is 4. The highest BCUT2D eigenvalue weighted by Crippen LogP contribution is 2.29. The quantitative estimate of drug-likeness (QED) is 0.799. The number of hydrogen-bond donors (Lipinski definition) is 1. The van der Waals surface area contributed by atoms with Gasteiger partial charge in [-0.25, -0.2) is 4.72 Å². The summed E-state index contributed by atoms with van der Waals surface area (Å²) in [6.45, 7) is 1.93. The van der Waals surface area contributed by atoms with Crippen molar-refractivity contribution in [1.82, 2.24) is 9.03 Å². The Morgan fingerprint density at radius 1 is 1.06 bits per heavy atom. The Kier molecular flexibility index (Phi) is 5.47. The van der Waals surface area contributed by atoms with Gasteiger partial charge in [-0.2, -0.15) is 12.7 Å². The van der Waals surface area contributed by atoms with Crippen LogP contribution in [0.3, 0.4) is 0 Å². The second-order valence-corrected chi connectivity index (χ2v) is 8.31. The van der Waals surface area contributed by atoms with E-state index in [1.807, 2.05) is 0 Å². The van der Waals surface area contributed by atoms with Gasteiger partial charge in [0, 0.05) is 24.5 Å². The third-order valence-corrected chi connectivity index (χ3v) is 6.78. The molecule has 2 unspecified atom stereocenters. The van der Waals surface area contributed by atoms with Crippen molar-refractivity contribution in [3.63, 3.8) is 0 Å². The van der Waals surface area contributed by atoms with Crippen LogP contribution >= 0.6 is 15.9 Å². The highest BCUT2D eigenvalue weighted by Gasteiger charge is 2.27. The average Bonchev–Trinajstić information content (AvgIpc) is 2.39. The minimum atomic E-state index is -3.24. The molecule has 0 amide bonds. The van der Waals surface area contributed by atoms with Crippen LogP contribution in [0.4, 0.5) is 0 Å². The van der Waals surface area contributed by atoms with Gasteiger partial charge in [0.25, 0.3) is 10.2 Å². The molecule has 0 bridgehead atoms. The van der Waals surface area contributed by atoms with E-state index in [0.717, 1.165) is 32.1 Å². The smallest absolute Gasteiger partial charge is 0.202 e.